The molecule has 0 aromatic heterocycles. The van der Waals surface area contributed by atoms with Gasteiger partial charge in [0.05, 0.1) is 0 Å². The zero-order valence-electron chi connectivity index (χ0n) is 6.43. The maximum Gasteiger partial charge on any atom is 0.161 e. The normalized spacial score (nSPS) is 28.1. The van der Waals surface area contributed by atoms with E-state index in [1.807, 2.05) is 0 Å². The summed E-state index contributed by atoms with van der Waals surface area (Å²) in [5, 5.41) is 0. The Morgan fingerprint density at radius 2 is 2.20 bits per heavy atom. The summed E-state index contributed by atoms with van der Waals surface area (Å²) in [5.74, 6) is 0.292. The zero-order chi connectivity index (χ0) is 7.40. The predicted octanol–water partition coefficient (Wildman–Crippen LogP) is 1.53. The molecule has 0 amide bonds. The van der Waals surface area contributed by atoms with Gasteiger partial charge in [0, 0.05) is 13.5 Å². The van der Waals surface area contributed by atoms with Gasteiger partial charge in [-0.2, -0.15) is 0 Å². The molecule has 0 unspecified atom stereocenters. The van der Waals surface area contributed by atoms with Crippen LogP contribution in [0.2, 0.25) is 0 Å². The van der Waals surface area contributed by atoms with Crippen LogP contribution in [0.3, 0.4) is 0 Å². The van der Waals surface area contributed by atoms with E-state index < -0.39 is 0 Å². The van der Waals surface area contributed by atoms with Crippen LogP contribution in [-0.4, -0.2) is 19.0 Å². The first-order chi connectivity index (χ1) is 4.84. The van der Waals surface area contributed by atoms with Crippen LogP contribution in [0.1, 0.15) is 32.1 Å². The van der Waals surface area contributed by atoms with E-state index in [0.29, 0.717) is 5.78 Å². The number of hydrogen-bond donors (Lipinski definition) is 0. The van der Waals surface area contributed by atoms with Crippen molar-refractivity contribution in [1.29, 1.82) is 0 Å². The molecule has 1 aliphatic rings. The molecule has 0 heterocycles. The summed E-state index contributed by atoms with van der Waals surface area (Å²) < 4.78 is 5.03. The molecule has 0 spiro atoms. The Morgan fingerprint density at radius 1 is 1.40 bits per heavy atom. The van der Waals surface area contributed by atoms with E-state index in [1.54, 1.807) is 7.11 Å². The van der Waals surface area contributed by atoms with Crippen molar-refractivity contribution >= 4 is 5.78 Å². The van der Waals surface area contributed by atoms with E-state index in [9.17, 15) is 4.79 Å². The third kappa shape index (κ3) is 1.81. The number of hydrogen-bond acceptors (Lipinski definition) is 2. The Balaban J connectivity index is 2.43. The molecule has 1 atom stereocenters. The van der Waals surface area contributed by atoms with Gasteiger partial charge in [-0.25, -0.2) is 0 Å². The molecular formula is C8H14O2. The van der Waals surface area contributed by atoms with Gasteiger partial charge in [-0.15, -0.1) is 0 Å². The molecule has 1 rings (SSSR count). The van der Waals surface area contributed by atoms with Crippen LogP contribution in [-0.2, 0) is 9.53 Å². The lowest BCUT2D eigenvalue weighted by atomic mass is 10.1. The largest absolute Gasteiger partial charge is 0.374 e. The molecule has 1 aliphatic carbocycles. The molecule has 58 valence electrons. The van der Waals surface area contributed by atoms with Crippen molar-refractivity contribution in [1.82, 2.24) is 0 Å². The fourth-order valence-electron chi connectivity index (χ4n) is 1.38. The van der Waals surface area contributed by atoms with Gasteiger partial charge in [0.25, 0.3) is 0 Å². The number of ketones is 1. The molecule has 2 nitrogen and oxygen atoms in total. The molecule has 0 bridgehead atoms. The average Bonchev–Trinajstić information content (AvgIpc) is 2.13. The van der Waals surface area contributed by atoms with Crippen LogP contribution in [0.15, 0.2) is 0 Å². The van der Waals surface area contributed by atoms with Gasteiger partial charge in [0.15, 0.2) is 5.78 Å². The smallest absolute Gasteiger partial charge is 0.161 e. The molecule has 0 aromatic rings. The third-order valence-electron chi connectivity index (χ3n) is 2.03. The lowest BCUT2D eigenvalue weighted by Crippen LogP contribution is -2.20. The van der Waals surface area contributed by atoms with E-state index in [-0.39, 0.29) is 6.10 Å². The van der Waals surface area contributed by atoms with Gasteiger partial charge in [0.1, 0.15) is 6.10 Å². The Kier molecular flexibility index (Phi) is 2.87. The molecule has 0 aromatic carbocycles. The van der Waals surface area contributed by atoms with Gasteiger partial charge in [-0.1, -0.05) is 12.8 Å². The Hall–Kier alpha value is -0.370. The van der Waals surface area contributed by atoms with Crippen LogP contribution >= 0.6 is 0 Å². The Morgan fingerprint density at radius 3 is 2.90 bits per heavy atom. The minimum Gasteiger partial charge on any atom is -0.374 e. The Bertz CT molecular complexity index is 120. The van der Waals surface area contributed by atoms with Gasteiger partial charge in [-0.3, -0.25) is 4.79 Å². The van der Waals surface area contributed by atoms with E-state index in [2.05, 4.69) is 0 Å². The molecule has 0 saturated heterocycles. The van der Waals surface area contributed by atoms with E-state index in [1.165, 1.54) is 6.42 Å². The molecular weight excluding hydrogens is 128 g/mol. The topological polar surface area (TPSA) is 26.3 Å². The highest BCUT2D eigenvalue weighted by molar-refractivity contribution is 5.83. The van der Waals surface area contributed by atoms with Crippen molar-refractivity contribution in [3.05, 3.63) is 0 Å². The summed E-state index contributed by atoms with van der Waals surface area (Å²) >= 11 is 0. The van der Waals surface area contributed by atoms with Gasteiger partial charge in [-0.05, 0) is 12.8 Å². The van der Waals surface area contributed by atoms with Gasteiger partial charge in [0.2, 0.25) is 0 Å². The summed E-state index contributed by atoms with van der Waals surface area (Å²) in [4.78, 5) is 11.1. The van der Waals surface area contributed by atoms with E-state index in [0.717, 1.165) is 25.7 Å². The van der Waals surface area contributed by atoms with Gasteiger partial charge >= 0.3 is 0 Å². The van der Waals surface area contributed by atoms with Crippen molar-refractivity contribution in [3.8, 4) is 0 Å². The van der Waals surface area contributed by atoms with Crippen molar-refractivity contribution < 1.29 is 9.53 Å². The third-order valence-corrected chi connectivity index (χ3v) is 2.03. The number of carbonyl (C=O) groups is 1. The molecule has 0 aliphatic heterocycles. The van der Waals surface area contributed by atoms with Crippen LogP contribution in [0.4, 0.5) is 0 Å². The van der Waals surface area contributed by atoms with Crippen LogP contribution in [0.25, 0.3) is 0 Å². The lowest BCUT2D eigenvalue weighted by Gasteiger charge is -2.08. The van der Waals surface area contributed by atoms with Crippen molar-refractivity contribution in [2.75, 3.05) is 7.11 Å². The first kappa shape index (κ1) is 7.73. The number of carbonyl (C=O) groups excluding carboxylic acids is 1. The van der Waals surface area contributed by atoms with Crippen LogP contribution in [0, 0.1) is 0 Å². The average molecular weight is 142 g/mol. The highest BCUT2D eigenvalue weighted by Crippen LogP contribution is 2.16. The first-order valence-corrected chi connectivity index (χ1v) is 3.90. The second kappa shape index (κ2) is 3.71. The summed E-state index contributed by atoms with van der Waals surface area (Å²) in [6.07, 6.45) is 4.94. The summed E-state index contributed by atoms with van der Waals surface area (Å²) in [6.45, 7) is 0. The highest BCUT2D eigenvalue weighted by atomic mass is 16.5. The van der Waals surface area contributed by atoms with Crippen molar-refractivity contribution in [2.24, 2.45) is 0 Å². The highest BCUT2D eigenvalue weighted by Gasteiger charge is 2.19. The van der Waals surface area contributed by atoms with Crippen molar-refractivity contribution in [2.45, 2.75) is 38.2 Å². The minimum absolute atomic E-state index is 0.0949. The number of Topliss-reactive ketones (excluding diaryl/α,β-unsaturated/α-hetero) is 1. The number of ether oxygens (including phenoxy) is 1. The SMILES string of the molecule is CO[C@H]1CCCCCC1=O. The maximum atomic E-state index is 11.1. The fraction of sp³-hybridized carbons (Fsp3) is 0.875. The zero-order valence-corrected chi connectivity index (χ0v) is 6.43. The maximum absolute atomic E-state index is 11.1. The quantitative estimate of drug-likeness (QED) is 0.519. The summed E-state index contributed by atoms with van der Waals surface area (Å²) in [7, 11) is 1.62. The van der Waals surface area contributed by atoms with E-state index >= 15 is 0 Å². The summed E-state index contributed by atoms with van der Waals surface area (Å²) in [5.41, 5.74) is 0. The monoisotopic (exact) mass is 142 g/mol. The number of rotatable bonds is 1. The first-order valence-electron chi connectivity index (χ1n) is 3.90. The van der Waals surface area contributed by atoms with E-state index in [4.69, 9.17) is 4.74 Å². The van der Waals surface area contributed by atoms with Crippen LogP contribution in [0.5, 0.6) is 0 Å². The minimum atomic E-state index is -0.0949. The summed E-state index contributed by atoms with van der Waals surface area (Å²) in [6, 6.07) is 0. The molecule has 2 heteroatoms. The molecule has 1 saturated carbocycles. The van der Waals surface area contributed by atoms with Gasteiger partial charge < -0.3 is 4.74 Å². The molecule has 0 radical (unpaired) electrons. The fourth-order valence-corrected chi connectivity index (χ4v) is 1.38. The number of methoxy groups -OCH3 is 1. The standard InChI is InChI=1S/C8H14O2/c1-10-8-6-4-2-3-5-7(8)9/h8H,2-6H2,1H3/t8-/m0/s1. The van der Waals surface area contributed by atoms with Crippen LogP contribution < -0.4 is 0 Å². The molecule has 10 heavy (non-hydrogen) atoms. The predicted molar refractivity (Wildman–Crippen MR) is 38.9 cm³/mol. The molecule has 0 N–H and O–H groups in total. The molecule has 1 fully saturated rings. The second-order valence-corrected chi connectivity index (χ2v) is 2.79. The lowest BCUT2D eigenvalue weighted by molar-refractivity contribution is -0.128. The Labute approximate surface area is 61.6 Å². The second-order valence-electron chi connectivity index (χ2n) is 2.79. The van der Waals surface area contributed by atoms with Crippen molar-refractivity contribution in [3.63, 3.8) is 0 Å².